The zero-order valence-electron chi connectivity index (χ0n) is 9.80. The van der Waals surface area contributed by atoms with Crippen LogP contribution in [0.4, 0.5) is 0 Å². The summed E-state index contributed by atoms with van der Waals surface area (Å²) >= 11 is 3.56. The van der Waals surface area contributed by atoms with Crippen LogP contribution in [-0.2, 0) is 4.74 Å². The van der Waals surface area contributed by atoms with Crippen molar-refractivity contribution in [1.29, 1.82) is 0 Å². The molecule has 2 aromatic carbocycles. The number of rotatable bonds is 4. The molecule has 0 aromatic heterocycles. The highest BCUT2D eigenvalue weighted by Crippen LogP contribution is 2.29. The van der Waals surface area contributed by atoms with Crippen LogP contribution in [0.15, 0.2) is 53.0 Å². The van der Waals surface area contributed by atoms with Crippen LogP contribution >= 0.6 is 15.9 Å². The van der Waals surface area contributed by atoms with Gasteiger partial charge in [0, 0.05) is 4.47 Å². The van der Waals surface area contributed by atoms with Crippen LogP contribution in [0, 0.1) is 0 Å². The predicted octanol–water partition coefficient (Wildman–Crippen LogP) is 3.89. The largest absolute Gasteiger partial charge is 0.491 e. The van der Waals surface area contributed by atoms with Gasteiger partial charge in [-0.25, -0.2) is 0 Å². The fourth-order valence-electron chi connectivity index (χ4n) is 1.78. The summed E-state index contributed by atoms with van der Waals surface area (Å²) in [5.74, 6) is 0.890. The third kappa shape index (κ3) is 2.74. The average Bonchev–Trinajstić information content (AvgIpc) is 3.22. The fraction of sp³-hybridized carbons (Fsp3) is 0.200. The van der Waals surface area contributed by atoms with Crippen LogP contribution in [0.2, 0.25) is 0 Å². The van der Waals surface area contributed by atoms with E-state index in [4.69, 9.17) is 9.47 Å². The smallest absolute Gasteiger partial charge is 0.119 e. The molecule has 3 rings (SSSR count). The van der Waals surface area contributed by atoms with Gasteiger partial charge in [-0.1, -0.05) is 46.3 Å². The quantitative estimate of drug-likeness (QED) is 0.799. The Morgan fingerprint density at radius 3 is 2.50 bits per heavy atom. The van der Waals surface area contributed by atoms with Gasteiger partial charge in [0.25, 0.3) is 0 Å². The van der Waals surface area contributed by atoms with Gasteiger partial charge in [-0.2, -0.15) is 0 Å². The molecule has 0 N–H and O–H groups in total. The lowest BCUT2D eigenvalue weighted by molar-refractivity contribution is 0.263. The van der Waals surface area contributed by atoms with E-state index >= 15 is 0 Å². The minimum Gasteiger partial charge on any atom is -0.491 e. The second kappa shape index (κ2) is 5.12. The van der Waals surface area contributed by atoms with Crippen molar-refractivity contribution in [2.24, 2.45) is 0 Å². The highest BCUT2D eigenvalue weighted by atomic mass is 79.9. The first-order valence-electron chi connectivity index (χ1n) is 5.92. The second-order valence-electron chi connectivity index (χ2n) is 4.27. The van der Waals surface area contributed by atoms with E-state index in [0.29, 0.717) is 12.7 Å². The van der Waals surface area contributed by atoms with Crippen LogP contribution in [-0.4, -0.2) is 19.3 Å². The Morgan fingerprint density at radius 1 is 1.11 bits per heavy atom. The molecule has 3 heteroatoms. The van der Waals surface area contributed by atoms with Crippen molar-refractivity contribution in [3.05, 3.63) is 53.0 Å². The van der Waals surface area contributed by atoms with Crippen LogP contribution in [0.25, 0.3) is 11.1 Å². The molecule has 2 aromatic rings. The molecule has 18 heavy (non-hydrogen) atoms. The molecular weight excluding hydrogens is 292 g/mol. The third-order valence-electron chi connectivity index (χ3n) is 2.88. The van der Waals surface area contributed by atoms with Gasteiger partial charge in [-0.15, -0.1) is 0 Å². The Kier molecular flexibility index (Phi) is 3.35. The summed E-state index contributed by atoms with van der Waals surface area (Å²) in [5.41, 5.74) is 2.37. The van der Waals surface area contributed by atoms with E-state index < -0.39 is 0 Å². The van der Waals surface area contributed by atoms with Crippen LogP contribution < -0.4 is 4.74 Å². The van der Waals surface area contributed by atoms with Crippen molar-refractivity contribution in [3.63, 3.8) is 0 Å². The lowest BCUT2D eigenvalue weighted by Crippen LogP contribution is -2.03. The normalized spacial score (nSPS) is 17.5. The summed E-state index contributed by atoms with van der Waals surface area (Å²) in [6.07, 6.45) is 0.299. The topological polar surface area (TPSA) is 21.8 Å². The first-order chi connectivity index (χ1) is 8.83. The average molecular weight is 305 g/mol. The molecule has 1 heterocycles. The van der Waals surface area contributed by atoms with E-state index in [1.807, 2.05) is 30.3 Å². The molecule has 1 atom stereocenters. The van der Waals surface area contributed by atoms with Crippen molar-refractivity contribution in [2.45, 2.75) is 6.10 Å². The SMILES string of the molecule is Brc1ccccc1-c1ccc(OCC2CO2)cc1. The standard InChI is InChI=1S/C15H13BrO2/c16-15-4-2-1-3-14(15)11-5-7-12(8-6-11)17-9-13-10-18-13/h1-8,13H,9-10H2. The maximum atomic E-state index is 5.61. The van der Waals surface area contributed by atoms with Gasteiger partial charge in [0.15, 0.2) is 0 Å². The number of hydrogen-bond donors (Lipinski definition) is 0. The van der Waals surface area contributed by atoms with Crippen LogP contribution in [0.3, 0.4) is 0 Å². The maximum absolute atomic E-state index is 5.61. The molecule has 1 aliphatic rings. The van der Waals surface area contributed by atoms with Gasteiger partial charge < -0.3 is 9.47 Å². The summed E-state index contributed by atoms with van der Waals surface area (Å²) in [6.45, 7) is 1.48. The lowest BCUT2D eigenvalue weighted by atomic mass is 10.1. The molecular formula is C15H13BrO2. The third-order valence-corrected chi connectivity index (χ3v) is 3.57. The van der Waals surface area contributed by atoms with E-state index in [9.17, 15) is 0 Å². The van der Waals surface area contributed by atoms with Crippen molar-refractivity contribution in [3.8, 4) is 16.9 Å². The molecule has 0 aliphatic carbocycles. The summed E-state index contributed by atoms with van der Waals surface area (Å²) in [6, 6.07) is 16.3. The lowest BCUT2D eigenvalue weighted by Gasteiger charge is -2.07. The van der Waals surface area contributed by atoms with Gasteiger partial charge in [-0.3, -0.25) is 0 Å². The zero-order chi connectivity index (χ0) is 12.4. The summed E-state index contributed by atoms with van der Waals surface area (Å²) in [7, 11) is 0. The molecule has 0 spiro atoms. The van der Waals surface area contributed by atoms with Crippen molar-refractivity contribution >= 4 is 15.9 Å². The molecule has 1 unspecified atom stereocenters. The Labute approximate surface area is 115 Å². The molecule has 92 valence electrons. The van der Waals surface area contributed by atoms with Crippen LogP contribution in [0.1, 0.15) is 0 Å². The van der Waals surface area contributed by atoms with Gasteiger partial charge in [0.1, 0.15) is 18.5 Å². The summed E-state index contributed by atoms with van der Waals surface area (Å²) < 4.78 is 11.8. The number of hydrogen-bond acceptors (Lipinski definition) is 2. The van der Waals surface area contributed by atoms with Gasteiger partial charge in [-0.05, 0) is 29.3 Å². The van der Waals surface area contributed by atoms with Crippen LogP contribution in [0.5, 0.6) is 5.75 Å². The van der Waals surface area contributed by atoms with Crippen molar-refractivity contribution < 1.29 is 9.47 Å². The number of benzene rings is 2. The Bertz CT molecular complexity index is 532. The first-order valence-corrected chi connectivity index (χ1v) is 6.71. The Balaban J connectivity index is 1.75. The predicted molar refractivity (Wildman–Crippen MR) is 74.8 cm³/mol. The van der Waals surface area contributed by atoms with Gasteiger partial charge in [0.05, 0.1) is 6.61 Å². The van der Waals surface area contributed by atoms with Crippen molar-refractivity contribution in [1.82, 2.24) is 0 Å². The minimum atomic E-state index is 0.299. The van der Waals surface area contributed by atoms with E-state index in [-0.39, 0.29) is 0 Å². The molecule has 0 saturated carbocycles. The highest BCUT2D eigenvalue weighted by molar-refractivity contribution is 9.10. The molecule has 0 amide bonds. The number of ether oxygens (including phenoxy) is 2. The highest BCUT2D eigenvalue weighted by Gasteiger charge is 2.22. The zero-order valence-corrected chi connectivity index (χ0v) is 11.4. The molecule has 2 nitrogen and oxygen atoms in total. The molecule has 1 fully saturated rings. The molecule has 1 aliphatic heterocycles. The summed E-state index contributed by atoms with van der Waals surface area (Å²) in [5, 5.41) is 0. The maximum Gasteiger partial charge on any atom is 0.119 e. The second-order valence-corrected chi connectivity index (χ2v) is 5.12. The Morgan fingerprint density at radius 2 is 1.83 bits per heavy atom. The van der Waals surface area contributed by atoms with E-state index in [0.717, 1.165) is 16.8 Å². The van der Waals surface area contributed by atoms with Crippen molar-refractivity contribution in [2.75, 3.05) is 13.2 Å². The first kappa shape index (κ1) is 11.8. The van der Waals surface area contributed by atoms with E-state index in [2.05, 4.69) is 34.1 Å². The van der Waals surface area contributed by atoms with E-state index in [1.54, 1.807) is 0 Å². The van der Waals surface area contributed by atoms with Gasteiger partial charge >= 0.3 is 0 Å². The molecule has 1 saturated heterocycles. The molecule has 0 bridgehead atoms. The number of epoxide rings is 1. The Hall–Kier alpha value is -1.32. The monoisotopic (exact) mass is 304 g/mol. The fourth-order valence-corrected chi connectivity index (χ4v) is 2.29. The van der Waals surface area contributed by atoms with Gasteiger partial charge in [0.2, 0.25) is 0 Å². The number of halogens is 1. The molecule has 0 radical (unpaired) electrons. The summed E-state index contributed by atoms with van der Waals surface area (Å²) in [4.78, 5) is 0. The van der Waals surface area contributed by atoms with E-state index in [1.165, 1.54) is 11.1 Å². The minimum absolute atomic E-state index is 0.299.